The summed E-state index contributed by atoms with van der Waals surface area (Å²) in [6, 6.07) is 7.15. The standard InChI is InChI=1S/C9H7FOS/c10-9-5-7(11)6-3-1-2-4-8(6)12-9/h1-4,9H,5H2. The summed E-state index contributed by atoms with van der Waals surface area (Å²) in [5.41, 5.74) is -0.399. The number of carbonyl (C=O) groups excluding carboxylic acids is 1. The third kappa shape index (κ3) is 1.25. The number of hydrogen-bond donors (Lipinski definition) is 0. The molecule has 0 bridgehead atoms. The third-order valence-electron chi connectivity index (χ3n) is 1.79. The van der Waals surface area contributed by atoms with Gasteiger partial charge in [-0.15, -0.1) is 0 Å². The van der Waals surface area contributed by atoms with E-state index in [0.29, 0.717) is 5.56 Å². The zero-order valence-electron chi connectivity index (χ0n) is 6.29. The van der Waals surface area contributed by atoms with Crippen molar-refractivity contribution in [2.75, 3.05) is 0 Å². The average Bonchev–Trinajstić information content (AvgIpc) is 2.04. The second-order valence-corrected chi connectivity index (χ2v) is 3.84. The van der Waals surface area contributed by atoms with E-state index >= 15 is 0 Å². The fourth-order valence-corrected chi connectivity index (χ4v) is 2.21. The van der Waals surface area contributed by atoms with Crippen molar-refractivity contribution < 1.29 is 9.18 Å². The highest BCUT2D eigenvalue weighted by molar-refractivity contribution is 8.00. The maximum absolute atomic E-state index is 12.9. The molecule has 0 saturated heterocycles. The first-order valence-electron chi connectivity index (χ1n) is 3.70. The SMILES string of the molecule is O=C1CC(F)Sc2ccccc21. The Labute approximate surface area is 74.0 Å². The summed E-state index contributed by atoms with van der Waals surface area (Å²) in [6.45, 7) is 0. The van der Waals surface area contributed by atoms with Gasteiger partial charge in [-0.05, 0) is 6.07 Å². The van der Waals surface area contributed by atoms with Gasteiger partial charge in [0.15, 0.2) is 11.3 Å². The van der Waals surface area contributed by atoms with Gasteiger partial charge in [0.25, 0.3) is 0 Å². The molecule has 1 atom stereocenters. The molecule has 0 N–H and O–H groups in total. The van der Waals surface area contributed by atoms with Crippen LogP contribution >= 0.6 is 11.8 Å². The largest absolute Gasteiger partial charge is 0.294 e. The molecule has 3 heteroatoms. The molecule has 1 heterocycles. The number of benzene rings is 1. The Kier molecular flexibility index (Phi) is 1.89. The number of hydrogen-bond acceptors (Lipinski definition) is 2. The third-order valence-corrected chi connectivity index (χ3v) is 2.82. The quantitative estimate of drug-likeness (QED) is 0.613. The molecule has 1 aliphatic heterocycles. The molecule has 0 aromatic heterocycles. The summed E-state index contributed by atoms with van der Waals surface area (Å²) in [6.07, 6.45) is 0.0156. The summed E-state index contributed by atoms with van der Waals surface area (Å²) in [5.74, 6) is -0.0862. The molecule has 0 radical (unpaired) electrons. The van der Waals surface area contributed by atoms with Crippen LogP contribution in [-0.4, -0.2) is 11.3 Å². The van der Waals surface area contributed by atoms with E-state index in [1.54, 1.807) is 18.2 Å². The van der Waals surface area contributed by atoms with Gasteiger partial charge in [-0.25, -0.2) is 4.39 Å². The van der Waals surface area contributed by atoms with Gasteiger partial charge in [-0.1, -0.05) is 30.0 Å². The first-order chi connectivity index (χ1) is 5.77. The lowest BCUT2D eigenvalue weighted by Gasteiger charge is -2.16. The number of halogens is 1. The fraction of sp³-hybridized carbons (Fsp3) is 0.222. The van der Waals surface area contributed by atoms with E-state index in [1.807, 2.05) is 6.07 Å². The second-order valence-electron chi connectivity index (χ2n) is 2.65. The Hall–Kier alpha value is -0.830. The van der Waals surface area contributed by atoms with Crippen LogP contribution in [-0.2, 0) is 0 Å². The molecular formula is C9H7FOS. The first kappa shape index (κ1) is 7.80. The average molecular weight is 182 g/mol. The van der Waals surface area contributed by atoms with Crippen LogP contribution in [0.3, 0.4) is 0 Å². The van der Waals surface area contributed by atoms with Gasteiger partial charge < -0.3 is 0 Å². The number of thioether (sulfide) groups is 1. The second kappa shape index (κ2) is 2.90. The highest BCUT2D eigenvalue weighted by atomic mass is 32.2. The van der Waals surface area contributed by atoms with Gasteiger partial charge in [0.1, 0.15) is 0 Å². The van der Waals surface area contributed by atoms with Gasteiger partial charge in [-0.3, -0.25) is 4.79 Å². The summed E-state index contributed by atoms with van der Waals surface area (Å²) < 4.78 is 12.9. The van der Waals surface area contributed by atoms with E-state index in [9.17, 15) is 9.18 Å². The lowest BCUT2D eigenvalue weighted by atomic mass is 10.1. The lowest BCUT2D eigenvalue weighted by molar-refractivity contribution is 0.0961. The number of fused-ring (bicyclic) bond motifs is 1. The molecule has 0 spiro atoms. The molecule has 0 saturated carbocycles. The van der Waals surface area contributed by atoms with Crippen molar-refractivity contribution in [3.63, 3.8) is 0 Å². The van der Waals surface area contributed by atoms with Crippen molar-refractivity contribution in [2.45, 2.75) is 16.8 Å². The van der Waals surface area contributed by atoms with Crippen molar-refractivity contribution in [1.29, 1.82) is 0 Å². The van der Waals surface area contributed by atoms with Crippen LogP contribution in [0.2, 0.25) is 0 Å². The zero-order chi connectivity index (χ0) is 8.55. The Balaban J connectivity index is 2.47. The number of rotatable bonds is 0. The number of ketones is 1. The molecule has 62 valence electrons. The molecule has 1 nitrogen and oxygen atoms in total. The van der Waals surface area contributed by atoms with Crippen LogP contribution in [0.15, 0.2) is 29.2 Å². The summed E-state index contributed by atoms with van der Waals surface area (Å²) >= 11 is 1.13. The predicted molar refractivity (Wildman–Crippen MR) is 46.1 cm³/mol. The van der Waals surface area contributed by atoms with E-state index < -0.39 is 5.50 Å². The first-order valence-corrected chi connectivity index (χ1v) is 4.58. The smallest absolute Gasteiger partial charge is 0.167 e. The molecule has 0 fully saturated rings. The molecule has 0 aliphatic carbocycles. The van der Waals surface area contributed by atoms with E-state index in [1.165, 1.54) is 0 Å². The molecule has 0 amide bonds. The van der Waals surface area contributed by atoms with Crippen LogP contribution in [0.4, 0.5) is 4.39 Å². The van der Waals surface area contributed by atoms with E-state index in [-0.39, 0.29) is 12.2 Å². The van der Waals surface area contributed by atoms with Gasteiger partial charge in [0.2, 0.25) is 0 Å². The monoisotopic (exact) mass is 182 g/mol. The lowest BCUT2D eigenvalue weighted by Crippen LogP contribution is -2.13. The van der Waals surface area contributed by atoms with Crippen molar-refractivity contribution in [2.24, 2.45) is 0 Å². The van der Waals surface area contributed by atoms with Crippen LogP contribution in [0.5, 0.6) is 0 Å². The van der Waals surface area contributed by atoms with E-state index in [2.05, 4.69) is 0 Å². The fourth-order valence-electron chi connectivity index (χ4n) is 1.23. The highest BCUT2D eigenvalue weighted by Gasteiger charge is 2.24. The van der Waals surface area contributed by atoms with Gasteiger partial charge in [0, 0.05) is 10.5 Å². The van der Waals surface area contributed by atoms with Gasteiger partial charge in [-0.2, -0.15) is 0 Å². The van der Waals surface area contributed by atoms with Crippen molar-refractivity contribution in [1.82, 2.24) is 0 Å². The number of alkyl halides is 1. The van der Waals surface area contributed by atoms with Gasteiger partial charge >= 0.3 is 0 Å². The van der Waals surface area contributed by atoms with Crippen LogP contribution in [0.25, 0.3) is 0 Å². The minimum absolute atomic E-state index is 0.0156. The summed E-state index contributed by atoms with van der Waals surface area (Å²) in [7, 11) is 0. The van der Waals surface area contributed by atoms with Gasteiger partial charge in [0.05, 0.1) is 6.42 Å². The number of Topliss-reactive ketones (excluding diaryl/α,β-unsaturated/α-hetero) is 1. The maximum Gasteiger partial charge on any atom is 0.167 e. The van der Waals surface area contributed by atoms with Crippen LogP contribution < -0.4 is 0 Å². The Morgan fingerprint density at radius 1 is 1.42 bits per heavy atom. The molecule has 1 aromatic rings. The molecule has 12 heavy (non-hydrogen) atoms. The Morgan fingerprint density at radius 2 is 2.17 bits per heavy atom. The van der Waals surface area contributed by atoms with Crippen LogP contribution in [0, 0.1) is 0 Å². The molecule has 1 aliphatic rings. The van der Waals surface area contributed by atoms with Crippen molar-refractivity contribution >= 4 is 17.5 Å². The van der Waals surface area contributed by atoms with Crippen molar-refractivity contribution in [3.8, 4) is 0 Å². The number of carbonyl (C=O) groups is 1. The zero-order valence-corrected chi connectivity index (χ0v) is 7.10. The summed E-state index contributed by atoms with van der Waals surface area (Å²) in [4.78, 5) is 12.0. The normalized spacial score (nSPS) is 22.1. The van der Waals surface area contributed by atoms with Crippen molar-refractivity contribution in [3.05, 3.63) is 29.8 Å². The molecule has 2 rings (SSSR count). The minimum atomic E-state index is -1.06. The predicted octanol–water partition coefficient (Wildman–Crippen LogP) is 2.66. The molecule has 1 aromatic carbocycles. The van der Waals surface area contributed by atoms with E-state index in [4.69, 9.17) is 0 Å². The van der Waals surface area contributed by atoms with E-state index in [0.717, 1.165) is 16.7 Å². The topological polar surface area (TPSA) is 17.1 Å². The summed E-state index contributed by atoms with van der Waals surface area (Å²) in [5, 5.41) is 0. The maximum atomic E-state index is 12.9. The molecular weight excluding hydrogens is 175 g/mol. The van der Waals surface area contributed by atoms with Crippen LogP contribution in [0.1, 0.15) is 16.8 Å². The minimum Gasteiger partial charge on any atom is -0.294 e. The molecule has 1 unspecified atom stereocenters. The Bertz CT molecular complexity index is 324. The Morgan fingerprint density at radius 3 is 3.00 bits per heavy atom. The highest BCUT2D eigenvalue weighted by Crippen LogP contribution is 2.35.